The molecule has 0 spiro atoms. The third-order valence-electron chi connectivity index (χ3n) is 3.11. The molecule has 2 N–H and O–H groups in total. The number of nitrogens with zero attached hydrogens (tertiary/aromatic N) is 1. The molecule has 0 amide bonds. The molecule has 4 nitrogen and oxygen atoms in total. The molecule has 3 rings (SSSR count). The van der Waals surface area contributed by atoms with Gasteiger partial charge in [0.2, 0.25) is 0 Å². The number of aryl methyl sites for hydroxylation is 1. The van der Waals surface area contributed by atoms with Crippen LogP contribution < -0.4 is 0 Å². The van der Waals surface area contributed by atoms with Gasteiger partial charge in [0, 0.05) is 0 Å². The van der Waals surface area contributed by atoms with Gasteiger partial charge in [-0.15, -0.1) is 0 Å². The van der Waals surface area contributed by atoms with Crippen molar-refractivity contribution in [1.29, 1.82) is 0 Å². The monoisotopic (exact) mass is 270 g/mol. The van der Waals surface area contributed by atoms with Crippen LogP contribution in [0.5, 0.6) is 0 Å². The standard InChI is InChI=1S/C15H11FN2O2/c1-8-2-4-10(11(16)6-8)14-17-12-5-3-9(15(19)20)7-13(12)18-14/h2-7H,1H3,(H,17,18)(H,19,20). The van der Waals surface area contributed by atoms with E-state index in [0.717, 1.165) is 5.56 Å². The Kier molecular flexibility index (Phi) is 2.75. The number of halogens is 1. The van der Waals surface area contributed by atoms with Gasteiger partial charge in [-0.25, -0.2) is 14.2 Å². The Labute approximate surface area is 113 Å². The first-order chi connectivity index (χ1) is 9.54. The molecule has 0 unspecified atom stereocenters. The van der Waals surface area contributed by atoms with Gasteiger partial charge >= 0.3 is 5.97 Å². The van der Waals surface area contributed by atoms with E-state index in [9.17, 15) is 9.18 Å². The second-order valence-electron chi connectivity index (χ2n) is 4.61. The summed E-state index contributed by atoms with van der Waals surface area (Å²) in [5.74, 6) is -0.980. The highest BCUT2D eigenvalue weighted by molar-refractivity contribution is 5.93. The minimum atomic E-state index is -1.01. The van der Waals surface area contributed by atoms with Crippen LogP contribution in [0.25, 0.3) is 22.4 Å². The van der Waals surface area contributed by atoms with Gasteiger partial charge in [-0.3, -0.25) is 0 Å². The van der Waals surface area contributed by atoms with E-state index in [-0.39, 0.29) is 11.4 Å². The number of aromatic amines is 1. The lowest BCUT2D eigenvalue weighted by molar-refractivity contribution is 0.0697. The summed E-state index contributed by atoms with van der Waals surface area (Å²) in [6, 6.07) is 9.45. The molecule has 0 radical (unpaired) electrons. The van der Waals surface area contributed by atoms with Crippen molar-refractivity contribution in [2.24, 2.45) is 0 Å². The molecule has 0 saturated heterocycles. The molecule has 100 valence electrons. The van der Waals surface area contributed by atoms with E-state index in [1.54, 1.807) is 18.2 Å². The fourth-order valence-electron chi connectivity index (χ4n) is 2.08. The molecule has 0 aliphatic carbocycles. The fraction of sp³-hybridized carbons (Fsp3) is 0.0667. The van der Waals surface area contributed by atoms with Crippen molar-refractivity contribution >= 4 is 17.0 Å². The van der Waals surface area contributed by atoms with E-state index in [4.69, 9.17) is 5.11 Å². The van der Waals surface area contributed by atoms with Crippen LogP contribution in [-0.2, 0) is 0 Å². The molecular formula is C15H11FN2O2. The van der Waals surface area contributed by atoms with Crippen molar-refractivity contribution in [2.75, 3.05) is 0 Å². The van der Waals surface area contributed by atoms with Crippen molar-refractivity contribution in [2.45, 2.75) is 6.92 Å². The molecule has 0 atom stereocenters. The fourth-order valence-corrected chi connectivity index (χ4v) is 2.08. The van der Waals surface area contributed by atoms with Crippen LogP contribution in [0.4, 0.5) is 4.39 Å². The molecule has 0 fully saturated rings. The van der Waals surface area contributed by atoms with Crippen molar-refractivity contribution in [1.82, 2.24) is 9.97 Å². The minimum absolute atomic E-state index is 0.164. The first-order valence-corrected chi connectivity index (χ1v) is 6.04. The van der Waals surface area contributed by atoms with Gasteiger partial charge in [-0.1, -0.05) is 6.07 Å². The van der Waals surface area contributed by atoms with Crippen molar-refractivity contribution in [3.05, 3.63) is 53.3 Å². The zero-order valence-electron chi connectivity index (χ0n) is 10.6. The van der Waals surface area contributed by atoms with Gasteiger partial charge in [-0.05, 0) is 42.8 Å². The summed E-state index contributed by atoms with van der Waals surface area (Å²) in [5.41, 5.74) is 2.53. The highest BCUT2D eigenvalue weighted by atomic mass is 19.1. The molecule has 3 aromatic rings. The Bertz CT molecular complexity index is 824. The lowest BCUT2D eigenvalue weighted by Crippen LogP contribution is -1.94. The Balaban J connectivity index is 2.15. The third kappa shape index (κ3) is 2.03. The summed E-state index contributed by atoms with van der Waals surface area (Å²) in [5, 5.41) is 8.95. The predicted molar refractivity (Wildman–Crippen MR) is 73.2 cm³/mol. The highest BCUT2D eigenvalue weighted by Gasteiger charge is 2.11. The van der Waals surface area contributed by atoms with E-state index in [1.807, 2.05) is 6.92 Å². The van der Waals surface area contributed by atoms with Crippen LogP contribution in [0.2, 0.25) is 0 Å². The quantitative estimate of drug-likeness (QED) is 0.750. The molecular weight excluding hydrogens is 259 g/mol. The third-order valence-corrected chi connectivity index (χ3v) is 3.11. The molecule has 0 aliphatic heterocycles. The van der Waals surface area contributed by atoms with Crippen molar-refractivity contribution in [3.8, 4) is 11.4 Å². The van der Waals surface area contributed by atoms with Crippen LogP contribution in [0, 0.1) is 12.7 Å². The Hall–Kier alpha value is -2.69. The zero-order chi connectivity index (χ0) is 14.3. The van der Waals surface area contributed by atoms with Crippen LogP contribution in [0.1, 0.15) is 15.9 Å². The average Bonchev–Trinajstić information content (AvgIpc) is 2.80. The molecule has 5 heteroatoms. The van der Waals surface area contributed by atoms with Crippen LogP contribution in [0.3, 0.4) is 0 Å². The molecule has 20 heavy (non-hydrogen) atoms. The van der Waals surface area contributed by atoms with Gasteiger partial charge in [0.25, 0.3) is 0 Å². The van der Waals surface area contributed by atoms with Crippen molar-refractivity contribution in [3.63, 3.8) is 0 Å². The number of benzene rings is 2. The molecule has 0 saturated carbocycles. The second kappa shape index (κ2) is 4.45. The lowest BCUT2D eigenvalue weighted by atomic mass is 10.1. The molecule has 2 aromatic carbocycles. The van der Waals surface area contributed by atoms with Gasteiger partial charge in [0.05, 0.1) is 22.2 Å². The van der Waals surface area contributed by atoms with E-state index < -0.39 is 5.97 Å². The number of fused-ring (bicyclic) bond motifs is 1. The van der Waals surface area contributed by atoms with Gasteiger partial charge < -0.3 is 10.1 Å². The number of rotatable bonds is 2. The Morgan fingerprint density at radius 1 is 1.25 bits per heavy atom. The molecule has 0 bridgehead atoms. The Morgan fingerprint density at radius 3 is 2.75 bits per heavy atom. The van der Waals surface area contributed by atoms with Crippen molar-refractivity contribution < 1.29 is 14.3 Å². The SMILES string of the molecule is Cc1ccc(-c2nc3ccc(C(=O)O)cc3[nH]2)c(F)c1. The summed E-state index contributed by atoms with van der Waals surface area (Å²) >= 11 is 0. The second-order valence-corrected chi connectivity index (χ2v) is 4.61. The van der Waals surface area contributed by atoms with E-state index in [1.165, 1.54) is 18.2 Å². The zero-order valence-corrected chi connectivity index (χ0v) is 10.6. The Morgan fingerprint density at radius 2 is 2.05 bits per heavy atom. The largest absolute Gasteiger partial charge is 0.478 e. The highest BCUT2D eigenvalue weighted by Crippen LogP contribution is 2.24. The maximum Gasteiger partial charge on any atom is 0.335 e. The smallest absolute Gasteiger partial charge is 0.335 e. The number of nitrogens with one attached hydrogen (secondary N) is 1. The topological polar surface area (TPSA) is 66.0 Å². The number of aromatic carboxylic acids is 1. The first kappa shape index (κ1) is 12.3. The molecule has 1 heterocycles. The predicted octanol–water partition coefficient (Wildman–Crippen LogP) is 3.38. The number of hydrogen-bond donors (Lipinski definition) is 2. The number of carboxylic acid groups (broad SMARTS) is 1. The van der Waals surface area contributed by atoms with Gasteiger partial charge in [0.1, 0.15) is 11.6 Å². The van der Waals surface area contributed by atoms with E-state index >= 15 is 0 Å². The van der Waals surface area contributed by atoms with Gasteiger partial charge in [-0.2, -0.15) is 0 Å². The maximum atomic E-state index is 13.9. The summed E-state index contributed by atoms with van der Waals surface area (Å²) < 4.78 is 13.9. The summed E-state index contributed by atoms with van der Waals surface area (Å²) in [4.78, 5) is 18.2. The van der Waals surface area contributed by atoms with Gasteiger partial charge in [0.15, 0.2) is 0 Å². The molecule has 1 aromatic heterocycles. The number of imidazole rings is 1. The number of aromatic nitrogens is 2. The lowest BCUT2D eigenvalue weighted by Gasteiger charge is -2.00. The molecule has 0 aliphatic rings. The first-order valence-electron chi connectivity index (χ1n) is 6.04. The number of hydrogen-bond acceptors (Lipinski definition) is 2. The number of carboxylic acids is 1. The maximum absolute atomic E-state index is 13.9. The van der Waals surface area contributed by atoms with Crippen LogP contribution in [-0.4, -0.2) is 21.0 Å². The number of carbonyl (C=O) groups is 1. The van der Waals surface area contributed by atoms with E-state index in [2.05, 4.69) is 9.97 Å². The van der Waals surface area contributed by atoms with Crippen LogP contribution >= 0.6 is 0 Å². The number of H-pyrrole nitrogens is 1. The normalized spacial score (nSPS) is 10.9. The summed E-state index contributed by atoms with van der Waals surface area (Å²) in [7, 11) is 0. The summed E-state index contributed by atoms with van der Waals surface area (Å²) in [6.07, 6.45) is 0. The average molecular weight is 270 g/mol. The summed E-state index contributed by atoms with van der Waals surface area (Å²) in [6.45, 7) is 1.81. The van der Waals surface area contributed by atoms with E-state index in [0.29, 0.717) is 22.4 Å². The van der Waals surface area contributed by atoms with Crippen LogP contribution in [0.15, 0.2) is 36.4 Å². The minimum Gasteiger partial charge on any atom is -0.478 e.